The van der Waals surface area contributed by atoms with E-state index in [1.165, 1.54) is 18.4 Å². The van der Waals surface area contributed by atoms with E-state index in [4.69, 9.17) is 14.2 Å². The Kier molecular flexibility index (Phi) is 5.96. The second kappa shape index (κ2) is 8.84. The molecule has 2 aromatic carbocycles. The highest BCUT2D eigenvalue weighted by Gasteiger charge is 2.33. The average molecular weight is 451 g/mol. The molecule has 0 radical (unpaired) electrons. The van der Waals surface area contributed by atoms with Crippen LogP contribution in [0.3, 0.4) is 0 Å². The van der Waals surface area contributed by atoms with Crippen molar-refractivity contribution in [1.29, 1.82) is 0 Å². The van der Waals surface area contributed by atoms with Gasteiger partial charge < -0.3 is 14.2 Å². The Hall–Kier alpha value is -3.65. The van der Waals surface area contributed by atoms with Crippen LogP contribution in [0.4, 0.5) is 0 Å². The minimum atomic E-state index is -0.663. The number of aromatic nitrogens is 1. The lowest BCUT2D eigenvalue weighted by Crippen LogP contribution is -2.39. The van der Waals surface area contributed by atoms with Crippen molar-refractivity contribution in [1.82, 2.24) is 4.57 Å². The van der Waals surface area contributed by atoms with E-state index >= 15 is 0 Å². The molecule has 2 heterocycles. The predicted octanol–water partition coefficient (Wildman–Crippen LogP) is 2.43. The number of thiazole rings is 1. The maximum atomic E-state index is 13.5. The van der Waals surface area contributed by atoms with Gasteiger partial charge in [0.05, 0.1) is 43.2 Å². The summed E-state index contributed by atoms with van der Waals surface area (Å²) in [6.45, 7) is 1.75. The van der Waals surface area contributed by atoms with Gasteiger partial charge in [-0.2, -0.15) is 0 Å². The number of benzene rings is 2. The van der Waals surface area contributed by atoms with Crippen LogP contribution in [0.2, 0.25) is 0 Å². The minimum absolute atomic E-state index is 0.241. The summed E-state index contributed by atoms with van der Waals surface area (Å²) in [5.74, 6) is 0.820. The Morgan fingerprint density at radius 2 is 1.78 bits per heavy atom. The smallest absolute Gasteiger partial charge is 0.338 e. The van der Waals surface area contributed by atoms with Gasteiger partial charge in [0, 0.05) is 5.56 Å². The lowest BCUT2D eigenvalue weighted by molar-refractivity contribution is -0.136. The average Bonchev–Trinajstić information content (AvgIpc) is 3.12. The van der Waals surface area contributed by atoms with Crippen molar-refractivity contribution in [3.63, 3.8) is 0 Å². The molecule has 0 saturated heterocycles. The van der Waals surface area contributed by atoms with Crippen molar-refractivity contribution in [2.45, 2.75) is 13.0 Å². The van der Waals surface area contributed by atoms with E-state index in [1.54, 1.807) is 43.9 Å². The first-order valence-electron chi connectivity index (χ1n) is 9.86. The molecule has 1 aliphatic rings. The first-order chi connectivity index (χ1) is 15.5. The largest absolute Gasteiger partial charge is 0.497 e. The van der Waals surface area contributed by atoms with Crippen LogP contribution in [0.15, 0.2) is 69.6 Å². The molecule has 0 saturated carbocycles. The molecule has 0 N–H and O–H groups in total. The van der Waals surface area contributed by atoms with Crippen LogP contribution in [0.5, 0.6) is 11.5 Å². The monoisotopic (exact) mass is 450 g/mol. The van der Waals surface area contributed by atoms with Crippen LogP contribution >= 0.6 is 11.3 Å². The first kappa shape index (κ1) is 21.6. The molecule has 3 aromatic rings. The fourth-order valence-corrected chi connectivity index (χ4v) is 4.76. The number of esters is 1. The van der Waals surface area contributed by atoms with Crippen molar-refractivity contribution in [3.05, 3.63) is 90.6 Å². The van der Waals surface area contributed by atoms with Gasteiger partial charge in [-0.3, -0.25) is 9.36 Å². The summed E-state index contributed by atoms with van der Waals surface area (Å²) < 4.78 is 17.7. The Bertz CT molecular complexity index is 1380. The van der Waals surface area contributed by atoms with Gasteiger partial charge in [0.25, 0.3) is 5.56 Å². The van der Waals surface area contributed by atoms with Gasteiger partial charge in [-0.05, 0) is 36.8 Å². The van der Waals surface area contributed by atoms with Gasteiger partial charge in [-0.25, -0.2) is 9.79 Å². The molecule has 7 nitrogen and oxygen atoms in total. The SMILES string of the molecule is COC(=O)C1=C(C)N=c2sc(=Cc3ccccc3OC)c(=O)n2C1c1ccc(OC)cc1. The quantitative estimate of drug-likeness (QED) is 0.558. The standard InChI is InChI=1S/C24H22N2O5S/c1-14-20(23(28)31-4)21(15-9-11-17(29-2)12-10-15)26-22(27)19(32-24(26)25-14)13-16-7-5-6-8-18(16)30-3/h5-13,21H,1-4H3. The van der Waals surface area contributed by atoms with Crippen LogP contribution in [0.1, 0.15) is 24.1 Å². The maximum Gasteiger partial charge on any atom is 0.338 e. The van der Waals surface area contributed by atoms with Gasteiger partial charge in [0.2, 0.25) is 0 Å². The zero-order valence-electron chi connectivity index (χ0n) is 18.1. The number of hydrogen-bond donors (Lipinski definition) is 0. The van der Waals surface area contributed by atoms with Crippen molar-refractivity contribution >= 4 is 23.4 Å². The molecule has 0 spiro atoms. The molecule has 0 aliphatic carbocycles. The molecule has 32 heavy (non-hydrogen) atoms. The summed E-state index contributed by atoms with van der Waals surface area (Å²) in [5.41, 5.74) is 2.14. The van der Waals surface area contributed by atoms with Crippen LogP contribution in [0.25, 0.3) is 6.08 Å². The maximum absolute atomic E-state index is 13.5. The van der Waals surface area contributed by atoms with Crippen LogP contribution in [-0.4, -0.2) is 31.9 Å². The summed E-state index contributed by atoms with van der Waals surface area (Å²) in [5, 5.41) is 0. The third-order valence-electron chi connectivity index (χ3n) is 5.28. The number of fused-ring (bicyclic) bond motifs is 1. The molecule has 0 bridgehead atoms. The Morgan fingerprint density at radius 3 is 2.44 bits per heavy atom. The fourth-order valence-electron chi connectivity index (χ4n) is 3.72. The van der Waals surface area contributed by atoms with E-state index in [9.17, 15) is 9.59 Å². The van der Waals surface area contributed by atoms with Crippen LogP contribution < -0.4 is 24.4 Å². The number of para-hydroxylation sites is 1. The minimum Gasteiger partial charge on any atom is -0.497 e. The highest BCUT2D eigenvalue weighted by atomic mass is 32.1. The number of allylic oxidation sites excluding steroid dienone is 1. The van der Waals surface area contributed by atoms with E-state index in [0.29, 0.717) is 32.1 Å². The number of carbonyl (C=O) groups is 1. The molecule has 1 aromatic heterocycles. The van der Waals surface area contributed by atoms with Crippen molar-refractivity contribution in [2.75, 3.05) is 21.3 Å². The molecule has 1 unspecified atom stereocenters. The molecule has 0 fully saturated rings. The first-order valence-corrected chi connectivity index (χ1v) is 10.7. The second-order valence-electron chi connectivity index (χ2n) is 7.09. The molecule has 0 amide bonds. The molecule has 8 heteroatoms. The Morgan fingerprint density at radius 1 is 1.06 bits per heavy atom. The molecule has 1 atom stereocenters. The Balaban J connectivity index is 1.97. The summed E-state index contributed by atoms with van der Waals surface area (Å²) in [4.78, 5) is 31.3. The molecule has 164 valence electrons. The number of nitrogens with zero attached hydrogens (tertiary/aromatic N) is 2. The summed E-state index contributed by atoms with van der Waals surface area (Å²) in [6, 6.07) is 14.1. The number of hydrogen-bond acceptors (Lipinski definition) is 7. The van der Waals surface area contributed by atoms with E-state index in [1.807, 2.05) is 36.4 Å². The van der Waals surface area contributed by atoms with Gasteiger partial charge in [-0.15, -0.1) is 0 Å². The third-order valence-corrected chi connectivity index (χ3v) is 6.27. The third kappa shape index (κ3) is 3.73. The van der Waals surface area contributed by atoms with Crippen molar-refractivity contribution < 1.29 is 19.0 Å². The van der Waals surface area contributed by atoms with E-state index < -0.39 is 12.0 Å². The molecular weight excluding hydrogens is 428 g/mol. The zero-order chi connectivity index (χ0) is 22.8. The Labute approximate surface area is 188 Å². The van der Waals surface area contributed by atoms with Gasteiger partial charge >= 0.3 is 5.97 Å². The van der Waals surface area contributed by atoms with Crippen molar-refractivity contribution in [3.8, 4) is 11.5 Å². The summed E-state index contributed by atoms with van der Waals surface area (Å²) >= 11 is 1.27. The normalized spacial score (nSPS) is 15.8. The number of ether oxygens (including phenoxy) is 3. The summed E-state index contributed by atoms with van der Waals surface area (Å²) in [6.07, 6.45) is 1.78. The number of carbonyl (C=O) groups excluding carboxylic acids is 1. The predicted molar refractivity (Wildman–Crippen MR) is 122 cm³/mol. The lowest BCUT2D eigenvalue weighted by Gasteiger charge is -2.24. The fraction of sp³-hybridized carbons (Fsp3) is 0.208. The van der Waals surface area contributed by atoms with Gasteiger partial charge in [0.1, 0.15) is 11.5 Å². The number of rotatable bonds is 5. The summed E-state index contributed by atoms with van der Waals surface area (Å²) in [7, 11) is 4.49. The number of methoxy groups -OCH3 is 3. The topological polar surface area (TPSA) is 79.1 Å². The lowest BCUT2D eigenvalue weighted by atomic mass is 9.96. The molecule has 1 aliphatic heterocycles. The van der Waals surface area contributed by atoms with E-state index in [0.717, 1.165) is 11.1 Å². The van der Waals surface area contributed by atoms with E-state index in [-0.39, 0.29) is 5.56 Å². The molecular formula is C24H22N2O5S. The van der Waals surface area contributed by atoms with Crippen molar-refractivity contribution in [2.24, 2.45) is 4.99 Å². The van der Waals surface area contributed by atoms with E-state index in [2.05, 4.69) is 4.99 Å². The van der Waals surface area contributed by atoms with Gasteiger partial charge in [-0.1, -0.05) is 41.7 Å². The zero-order valence-corrected chi connectivity index (χ0v) is 18.9. The molecule has 4 rings (SSSR count). The highest BCUT2D eigenvalue weighted by Crippen LogP contribution is 2.31. The van der Waals surface area contributed by atoms with Gasteiger partial charge in [0.15, 0.2) is 4.80 Å². The second-order valence-corrected chi connectivity index (χ2v) is 8.10. The van der Waals surface area contributed by atoms with Crippen LogP contribution in [0, 0.1) is 0 Å². The highest BCUT2D eigenvalue weighted by molar-refractivity contribution is 7.07. The van der Waals surface area contributed by atoms with Crippen LogP contribution in [-0.2, 0) is 9.53 Å².